The maximum absolute atomic E-state index is 11.9. The van der Waals surface area contributed by atoms with Crippen LogP contribution < -0.4 is 16.0 Å². The second-order valence-electron chi connectivity index (χ2n) is 8.88. The van der Waals surface area contributed by atoms with Crippen molar-refractivity contribution in [3.8, 4) is 0 Å². The van der Waals surface area contributed by atoms with Crippen LogP contribution in [0.4, 0.5) is 4.79 Å². The predicted octanol–water partition coefficient (Wildman–Crippen LogP) is 1.08. The van der Waals surface area contributed by atoms with E-state index in [9.17, 15) is 19.2 Å². The fourth-order valence-corrected chi connectivity index (χ4v) is 2.59. The number of esters is 1. The molecule has 3 amide bonds. The average molecular weight is 518 g/mol. The van der Waals surface area contributed by atoms with Crippen molar-refractivity contribution in [2.75, 3.05) is 59.8 Å². The third-order valence-electron chi connectivity index (χ3n) is 4.32. The van der Waals surface area contributed by atoms with Crippen molar-refractivity contribution in [2.24, 2.45) is 0 Å². The Morgan fingerprint density at radius 2 is 1.47 bits per heavy atom. The van der Waals surface area contributed by atoms with Crippen LogP contribution in [0, 0.1) is 0 Å². The Kier molecular flexibility index (Phi) is 18.0. The summed E-state index contributed by atoms with van der Waals surface area (Å²) in [4.78, 5) is 46.9. The summed E-state index contributed by atoms with van der Waals surface area (Å²) in [5.41, 5.74) is -0.227. The first kappa shape index (κ1) is 33.3. The topological polar surface area (TPSA) is 151 Å². The van der Waals surface area contributed by atoms with Crippen molar-refractivity contribution in [2.45, 2.75) is 58.6 Å². The summed E-state index contributed by atoms with van der Waals surface area (Å²) >= 11 is 0. The Labute approximate surface area is 213 Å². The van der Waals surface area contributed by atoms with E-state index in [1.807, 2.05) is 0 Å². The summed E-state index contributed by atoms with van der Waals surface area (Å²) in [7, 11) is 1.25. The van der Waals surface area contributed by atoms with Crippen molar-refractivity contribution >= 4 is 23.9 Å². The standard InChI is InChI=1S/C24H43N3O9/c1-18(2)21(29)26-11-12-33-13-14-34-15-16-35-17-20(28)25-10-8-7-9-19(22(30)32-6)27-23(31)36-24(3,4)5/h19H,1,7-17H2,2-6H3,(H,25,28)(H,26,29)(H,27,31)/t19-/m0/s1. The van der Waals surface area contributed by atoms with Crippen molar-refractivity contribution in [1.29, 1.82) is 0 Å². The minimum Gasteiger partial charge on any atom is -0.467 e. The summed E-state index contributed by atoms with van der Waals surface area (Å²) in [5.74, 6) is -1.01. The number of carbonyl (C=O) groups excluding carboxylic acids is 4. The summed E-state index contributed by atoms with van der Waals surface area (Å²) in [6, 6.07) is -0.823. The third kappa shape index (κ3) is 19.6. The molecule has 0 heterocycles. The lowest BCUT2D eigenvalue weighted by Gasteiger charge is -2.22. The number of rotatable bonds is 19. The van der Waals surface area contributed by atoms with Gasteiger partial charge in [0.25, 0.3) is 0 Å². The van der Waals surface area contributed by atoms with Gasteiger partial charge in [0.1, 0.15) is 18.2 Å². The molecule has 0 aliphatic rings. The van der Waals surface area contributed by atoms with Gasteiger partial charge in [-0.05, 0) is 47.0 Å². The zero-order chi connectivity index (χ0) is 27.4. The Bertz CT molecular complexity index is 693. The van der Waals surface area contributed by atoms with Gasteiger partial charge in [-0.3, -0.25) is 9.59 Å². The molecule has 12 nitrogen and oxygen atoms in total. The Hall–Kier alpha value is -2.70. The van der Waals surface area contributed by atoms with E-state index >= 15 is 0 Å². The fourth-order valence-electron chi connectivity index (χ4n) is 2.59. The number of hydrogen-bond donors (Lipinski definition) is 3. The van der Waals surface area contributed by atoms with Gasteiger partial charge in [0.15, 0.2) is 0 Å². The first-order valence-electron chi connectivity index (χ1n) is 12.0. The SMILES string of the molecule is C=C(C)C(=O)NCCOCCOCCOCC(=O)NCCCC[C@H](NC(=O)OC(C)(C)C)C(=O)OC. The summed E-state index contributed by atoms with van der Waals surface area (Å²) in [6.45, 7) is 12.8. The quantitative estimate of drug-likeness (QED) is 0.130. The van der Waals surface area contributed by atoms with Gasteiger partial charge in [-0.1, -0.05) is 6.58 Å². The van der Waals surface area contributed by atoms with E-state index in [1.165, 1.54) is 7.11 Å². The largest absolute Gasteiger partial charge is 0.467 e. The number of hydrogen-bond acceptors (Lipinski definition) is 9. The maximum atomic E-state index is 11.9. The number of methoxy groups -OCH3 is 1. The zero-order valence-electron chi connectivity index (χ0n) is 22.2. The van der Waals surface area contributed by atoms with E-state index in [2.05, 4.69) is 22.5 Å². The highest BCUT2D eigenvalue weighted by atomic mass is 16.6. The van der Waals surface area contributed by atoms with Crippen LogP contribution in [0.3, 0.4) is 0 Å². The number of nitrogens with one attached hydrogen (secondary N) is 3. The van der Waals surface area contributed by atoms with Crippen LogP contribution in [0.25, 0.3) is 0 Å². The van der Waals surface area contributed by atoms with E-state index in [0.717, 1.165) is 0 Å². The Balaban J connectivity index is 3.75. The number of carbonyl (C=O) groups is 4. The maximum Gasteiger partial charge on any atom is 0.408 e. The fraction of sp³-hybridized carbons (Fsp3) is 0.750. The van der Waals surface area contributed by atoms with Crippen LogP contribution in [0.15, 0.2) is 12.2 Å². The lowest BCUT2D eigenvalue weighted by molar-refractivity contribution is -0.143. The van der Waals surface area contributed by atoms with Crippen LogP contribution in [0.5, 0.6) is 0 Å². The molecular formula is C24H43N3O9. The number of alkyl carbamates (subject to hydrolysis) is 1. The molecule has 0 saturated carbocycles. The number of ether oxygens (including phenoxy) is 5. The molecule has 0 aliphatic heterocycles. The molecule has 0 aromatic heterocycles. The average Bonchev–Trinajstić information content (AvgIpc) is 2.79. The lowest BCUT2D eigenvalue weighted by atomic mass is 10.1. The van der Waals surface area contributed by atoms with Crippen LogP contribution >= 0.6 is 0 Å². The van der Waals surface area contributed by atoms with Crippen molar-refractivity contribution in [3.63, 3.8) is 0 Å². The molecule has 0 fully saturated rings. The minimum absolute atomic E-state index is 0.0900. The summed E-state index contributed by atoms with van der Waals surface area (Å²) in [6.07, 6.45) is 0.842. The van der Waals surface area contributed by atoms with Crippen LogP contribution in [0.2, 0.25) is 0 Å². The molecule has 0 saturated heterocycles. The number of amides is 3. The Morgan fingerprint density at radius 3 is 2.06 bits per heavy atom. The highest BCUT2D eigenvalue weighted by molar-refractivity contribution is 5.92. The third-order valence-corrected chi connectivity index (χ3v) is 4.32. The van der Waals surface area contributed by atoms with Crippen LogP contribution in [-0.2, 0) is 38.1 Å². The minimum atomic E-state index is -0.823. The molecule has 208 valence electrons. The summed E-state index contributed by atoms with van der Waals surface area (Å²) in [5, 5.41) is 7.90. The van der Waals surface area contributed by atoms with E-state index in [0.29, 0.717) is 64.4 Å². The van der Waals surface area contributed by atoms with E-state index in [1.54, 1.807) is 27.7 Å². The van der Waals surface area contributed by atoms with Crippen molar-refractivity contribution in [3.05, 3.63) is 12.2 Å². The second-order valence-corrected chi connectivity index (χ2v) is 8.88. The molecule has 0 aliphatic carbocycles. The van der Waals surface area contributed by atoms with Gasteiger partial charge >= 0.3 is 12.1 Å². The smallest absolute Gasteiger partial charge is 0.408 e. The van der Waals surface area contributed by atoms with E-state index in [-0.39, 0.29) is 25.0 Å². The van der Waals surface area contributed by atoms with E-state index < -0.39 is 23.7 Å². The molecule has 36 heavy (non-hydrogen) atoms. The van der Waals surface area contributed by atoms with E-state index in [4.69, 9.17) is 23.7 Å². The van der Waals surface area contributed by atoms with Crippen molar-refractivity contribution in [1.82, 2.24) is 16.0 Å². The van der Waals surface area contributed by atoms with Gasteiger partial charge < -0.3 is 39.6 Å². The van der Waals surface area contributed by atoms with Gasteiger partial charge in [-0.15, -0.1) is 0 Å². The molecule has 12 heteroatoms. The molecule has 0 spiro atoms. The van der Waals surface area contributed by atoms with Gasteiger partial charge in [0.2, 0.25) is 11.8 Å². The van der Waals surface area contributed by atoms with Crippen LogP contribution in [-0.4, -0.2) is 95.4 Å². The molecule has 0 aromatic carbocycles. The number of unbranched alkanes of at least 4 members (excludes halogenated alkanes) is 1. The highest BCUT2D eigenvalue weighted by Gasteiger charge is 2.24. The first-order chi connectivity index (χ1) is 17.0. The second kappa shape index (κ2) is 19.5. The molecule has 0 unspecified atom stereocenters. The molecule has 0 bridgehead atoms. The normalized spacial score (nSPS) is 11.8. The molecule has 0 radical (unpaired) electrons. The molecular weight excluding hydrogens is 474 g/mol. The first-order valence-corrected chi connectivity index (χ1v) is 12.0. The molecule has 3 N–H and O–H groups in total. The molecule has 0 rings (SSSR count). The molecule has 0 aromatic rings. The monoisotopic (exact) mass is 517 g/mol. The highest BCUT2D eigenvalue weighted by Crippen LogP contribution is 2.09. The predicted molar refractivity (Wildman–Crippen MR) is 132 cm³/mol. The van der Waals surface area contributed by atoms with Gasteiger partial charge in [0.05, 0.1) is 40.1 Å². The molecule has 1 atom stereocenters. The lowest BCUT2D eigenvalue weighted by Crippen LogP contribution is -2.44. The van der Waals surface area contributed by atoms with Gasteiger partial charge in [-0.25, -0.2) is 9.59 Å². The van der Waals surface area contributed by atoms with Crippen molar-refractivity contribution < 1.29 is 42.9 Å². The summed E-state index contributed by atoms with van der Waals surface area (Å²) < 4.78 is 25.8. The van der Waals surface area contributed by atoms with Gasteiger partial charge in [-0.2, -0.15) is 0 Å². The zero-order valence-corrected chi connectivity index (χ0v) is 22.2. The van der Waals surface area contributed by atoms with Gasteiger partial charge in [0, 0.05) is 18.7 Å². The van der Waals surface area contributed by atoms with Crippen LogP contribution in [0.1, 0.15) is 47.0 Å². The Morgan fingerprint density at radius 1 is 0.861 bits per heavy atom.